The minimum absolute atomic E-state index is 0.0372. The molecule has 0 saturated carbocycles. The summed E-state index contributed by atoms with van der Waals surface area (Å²) < 4.78 is 15.5. The minimum Gasteiger partial charge on any atom is -0.404 e. The van der Waals surface area contributed by atoms with Gasteiger partial charge in [0.15, 0.2) is 0 Å². The number of hydrogen-bond donors (Lipinski definition) is 3. The zero-order chi connectivity index (χ0) is 23.1. The highest BCUT2D eigenvalue weighted by Gasteiger charge is 2.28. The number of aryl methyl sites for hydroxylation is 1. The van der Waals surface area contributed by atoms with Crippen LogP contribution in [0.3, 0.4) is 0 Å². The lowest BCUT2D eigenvalue weighted by molar-refractivity contribution is -0.131. The van der Waals surface area contributed by atoms with Crippen LogP contribution in [0.25, 0.3) is 6.08 Å². The first-order chi connectivity index (χ1) is 15.2. The maximum Gasteiger partial charge on any atom is 0.524 e. The second-order valence-corrected chi connectivity index (χ2v) is 9.57. The van der Waals surface area contributed by atoms with E-state index < -0.39 is 19.8 Å². The monoisotopic (exact) mass is 476 g/mol. The van der Waals surface area contributed by atoms with E-state index in [9.17, 15) is 14.2 Å². The third kappa shape index (κ3) is 6.97. The van der Waals surface area contributed by atoms with Gasteiger partial charge < -0.3 is 14.7 Å². The maximum atomic E-state index is 13.0. The summed E-state index contributed by atoms with van der Waals surface area (Å²) in [5, 5.41) is 2.80. The number of benzene rings is 2. The molecule has 2 aromatic rings. The highest BCUT2D eigenvalue weighted by Crippen LogP contribution is 2.37. The van der Waals surface area contributed by atoms with Crippen molar-refractivity contribution in [3.05, 3.63) is 71.3 Å². The van der Waals surface area contributed by atoms with E-state index in [1.165, 1.54) is 18.2 Å². The standard InChI is InChI=1S/C22H25N2O6PS/c1-16-14-18(30-31(27,28)29)9-10-19(16)21(25)23-20-15-32-13-12-24(22(20)26)11-5-8-17-6-3-2-4-7-17/h2-10,14,20H,11-13,15H2,1H3,(H,23,25)(H2,27,28,29)/b8-5+/t20-/m0/s1. The van der Waals surface area contributed by atoms with Crippen molar-refractivity contribution in [2.45, 2.75) is 13.0 Å². The molecule has 1 aliphatic rings. The Hall–Kier alpha value is -2.58. The van der Waals surface area contributed by atoms with Crippen molar-refractivity contribution in [2.24, 2.45) is 0 Å². The molecule has 0 radical (unpaired) electrons. The van der Waals surface area contributed by atoms with Gasteiger partial charge in [0, 0.05) is 30.2 Å². The predicted octanol–water partition coefficient (Wildman–Crippen LogP) is 2.85. The number of phosphoric ester groups is 1. The molecule has 0 aliphatic carbocycles. The van der Waals surface area contributed by atoms with Crippen LogP contribution >= 0.6 is 19.6 Å². The number of nitrogens with one attached hydrogen (secondary N) is 1. The highest BCUT2D eigenvalue weighted by molar-refractivity contribution is 7.99. The number of nitrogens with zero attached hydrogens (tertiary/aromatic N) is 1. The van der Waals surface area contributed by atoms with Crippen LogP contribution in [-0.4, -0.2) is 57.1 Å². The van der Waals surface area contributed by atoms with Gasteiger partial charge >= 0.3 is 7.82 Å². The van der Waals surface area contributed by atoms with E-state index in [2.05, 4.69) is 9.84 Å². The van der Waals surface area contributed by atoms with Crippen LogP contribution in [0.4, 0.5) is 0 Å². The van der Waals surface area contributed by atoms with Gasteiger partial charge in [0.05, 0.1) is 0 Å². The number of hydrogen-bond acceptors (Lipinski definition) is 5. The van der Waals surface area contributed by atoms with Crippen LogP contribution < -0.4 is 9.84 Å². The summed E-state index contributed by atoms with van der Waals surface area (Å²) in [6.07, 6.45) is 3.90. The number of amides is 2. The number of carbonyl (C=O) groups excluding carboxylic acids is 2. The van der Waals surface area contributed by atoms with Gasteiger partial charge in [-0.25, -0.2) is 4.57 Å². The summed E-state index contributed by atoms with van der Waals surface area (Å²) in [6.45, 7) is 2.68. The molecule has 0 spiro atoms. The van der Waals surface area contributed by atoms with Gasteiger partial charge in [0.2, 0.25) is 5.91 Å². The Morgan fingerprint density at radius 1 is 1.28 bits per heavy atom. The van der Waals surface area contributed by atoms with Crippen molar-refractivity contribution < 1.29 is 28.5 Å². The summed E-state index contributed by atoms with van der Waals surface area (Å²) >= 11 is 1.60. The first-order valence-corrected chi connectivity index (χ1v) is 12.7. The summed E-state index contributed by atoms with van der Waals surface area (Å²) in [6, 6.07) is 13.3. The number of thioether (sulfide) groups is 1. The Morgan fingerprint density at radius 3 is 2.72 bits per heavy atom. The van der Waals surface area contributed by atoms with E-state index in [4.69, 9.17) is 9.79 Å². The quantitative estimate of drug-likeness (QED) is 0.526. The Bertz CT molecular complexity index is 1040. The molecule has 8 nitrogen and oxygen atoms in total. The third-order valence-corrected chi connectivity index (χ3v) is 6.30. The summed E-state index contributed by atoms with van der Waals surface area (Å²) in [5.74, 6) is 0.656. The molecule has 0 aromatic heterocycles. The normalized spacial score (nSPS) is 17.3. The van der Waals surface area contributed by atoms with Crippen LogP contribution in [0.2, 0.25) is 0 Å². The third-order valence-electron chi connectivity index (χ3n) is 4.81. The summed E-state index contributed by atoms with van der Waals surface area (Å²) in [4.78, 5) is 45.4. The Labute approximate surface area is 190 Å². The van der Waals surface area contributed by atoms with Crippen LogP contribution in [0.15, 0.2) is 54.6 Å². The van der Waals surface area contributed by atoms with Crippen molar-refractivity contribution in [1.29, 1.82) is 0 Å². The smallest absolute Gasteiger partial charge is 0.404 e. The van der Waals surface area contributed by atoms with Gasteiger partial charge in [-0.2, -0.15) is 11.8 Å². The average Bonchev–Trinajstić information content (AvgIpc) is 2.89. The Morgan fingerprint density at radius 2 is 2.03 bits per heavy atom. The zero-order valence-electron chi connectivity index (χ0n) is 17.5. The molecule has 2 amide bonds. The van der Waals surface area contributed by atoms with Gasteiger partial charge in [0.1, 0.15) is 11.8 Å². The molecule has 10 heteroatoms. The largest absolute Gasteiger partial charge is 0.524 e. The SMILES string of the molecule is Cc1cc(OP(=O)(O)O)ccc1C(=O)N[C@H]1CSCCN(C/C=C/c2ccccc2)C1=O. The molecule has 1 fully saturated rings. The van der Waals surface area contributed by atoms with Gasteiger partial charge in [0.25, 0.3) is 5.91 Å². The average molecular weight is 476 g/mol. The highest BCUT2D eigenvalue weighted by atomic mass is 32.2. The topological polar surface area (TPSA) is 116 Å². The van der Waals surface area contributed by atoms with Crippen LogP contribution in [0, 0.1) is 6.92 Å². The number of phosphoric acid groups is 1. The van der Waals surface area contributed by atoms with E-state index in [1.807, 2.05) is 42.5 Å². The van der Waals surface area contributed by atoms with Gasteiger partial charge in [-0.1, -0.05) is 42.5 Å². The second kappa shape index (κ2) is 10.8. The first-order valence-electron chi connectivity index (χ1n) is 9.98. The lowest BCUT2D eigenvalue weighted by atomic mass is 10.1. The summed E-state index contributed by atoms with van der Waals surface area (Å²) in [7, 11) is -4.68. The summed E-state index contributed by atoms with van der Waals surface area (Å²) in [5.41, 5.74) is 1.83. The molecule has 170 valence electrons. The molecular formula is C22H25N2O6PS. The Kier molecular flexibility index (Phi) is 8.15. The molecule has 3 N–H and O–H groups in total. The van der Waals surface area contributed by atoms with E-state index in [0.29, 0.717) is 30.0 Å². The minimum atomic E-state index is -4.68. The van der Waals surface area contributed by atoms with Crippen molar-refractivity contribution in [3.63, 3.8) is 0 Å². The number of rotatable bonds is 7. The van der Waals surface area contributed by atoms with Crippen molar-refractivity contribution >= 4 is 37.5 Å². The van der Waals surface area contributed by atoms with E-state index in [0.717, 1.165) is 11.3 Å². The van der Waals surface area contributed by atoms with E-state index in [-0.39, 0.29) is 11.7 Å². The van der Waals surface area contributed by atoms with E-state index in [1.54, 1.807) is 23.6 Å². The predicted molar refractivity (Wildman–Crippen MR) is 124 cm³/mol. The fraction of sp³-hybridized carbons (Fsp3) is 0.273. The molecule has 2 aromatic carbocycles. The van der Waals surface area contributed by atoms with Gasteiger partial charge in [-0.3, -0.25) is 19.4 Å². The molecular weight excluding hydrogens is 451 g/mol. The van der Waals surface area contributed by atoms with Gasteiger partial charge in [-0.15, -0.1) is 0 Å². The zero-order valence-corrected chi connectivity index (χ0v) is 19.2. The molecule has 1 saturated heterocycles. The van der Waals surface area contributed by atoms with E-state index >= 15 is 0 Å². The molecule has 1 aliphatic heterocycles. The lowest BCUT2D eigenvalue weighted by Gasteiger charge is -2.23. The molecule has 1 heterocycles. The fourth-order valence-electron chi connectivity index (χ4n) is 3.26. The van der Waals surface area contributed by atoms with Crippen LogP contribution in [0.1, 0.15) is 21.5 Å². The van der Waals surface area contributed by atoms with Crippen molar-refractivity contribution in [3.8, 4) is 5.75 Å². The van der Waals surface area contributed by atoms with Gasteiger partial charge in [-0.05, 0) is 36.2 Å². The van der Waals surface area contributed by atoms with Crippen LogP contribution in [-0.2, 0) is 9.36 Å². The molecule has 0 bridgehead atoms. The second-order valence-electron chi connectivity index (χ2n) is 7.26. The maximum absolute atomic E-state index is 13.0. The molecule has 32 heavy (non-hydrogen) atoms. The fourth-order valence-corrected chi connectivity index (χ4v) is 4.63. The first kappa shape index (κ1) is 24.1. The van der Waals surface area contributed by atoms with Crippen LogP contribution in [0.5, 0.6) is 5.75 Å². The molecule has 3 rings (SSSR count). The Balaban J connectivity index is 1.65. The van der Waals surface area contributed by atoms with Crippen molar-refractivity contribution in [2.75, 3.05) is 24.6 Å². The lowest BCUT2D eigenvalue weighted by Crippen LogP contribution is -2.49. The van der Waals surface area contributed by atoms with Crippen molar-refractivity contribution in [1.82, 2.24) is 10.2 Å². The number of carbonyl (C=O) groups is 2. The molecule has 1 atom stereocenters. The molecule has 0 unspecified atom stereocenters.